The van der Waals surface area contributed by atoms with E-state index in [0.29, 0.717) is 23.0 Å². The molecule has 0 heterocycles. The van der Waals surface area contributed by atoms with Crippen LogP contribution in [0.1, 0.15) is 49.7 Å². The van der Waals surface area contributed by atoms with Crippen LogP contribution in [0.4, 0.5) is 0 Å². The van der Waals surface area contributed by atoms with Crippen LogP contribution < -0.4 is 0 Å². The molecule has 3 aromatic carbocycles. The molecule has 0 spiro atoms. The summed E-state index contributed by atoms with van der Waals surface area (Å²) in [7, 11) is 1.62. The number of hydrogen-bond acceptors (Lipinski definition) is 4. The molecule has 39 heavy (non-hydrogen) atoms. The Labute approximate surface area is 240 Å². The van der Waals surface area contributed by atoms with Crippen molar-refractivity contribution in [2.75, 3.05) is 20.2 Å². The first-order valence-corrected chi connectivity index (χ1v) is 14.2. The van der Waals surface area contributed by atoms with Crippen molar-refractivity contribution in [3.05, 3.63) is 81.8 Å². The fraction of sp³-hybridized carbons (Fsp3) is 0.419. The zero-order chi connectivity index (χ0) is 28.2. The number of aliphatic hydroxyl groups is 1. The number of carbonyl (C=O) groups excluding carboxylic acids is 1. The zero-order valence-electron chi connectivity index (χ0n) is 22.3. The van der Waals surface area contributed by atoms with Gasteiger partial charge in [0, 0.05) is 20.2 Å². The number of carboxylic acids is 1. The number of amides is 1. The predicted molar refractivity (Wildman–Crippen MR) is 157 cm³/mol. The maximum absolute atomic E-state index is 12.9. The van der Waals surface area contributed by atoms with Gasteiger partial charge in [-0.15, -0.1) is 0 Å². The van der Waals surface area contributed by atoms with Crippen LogP contribution in [-0.4, -0.2) is 59.4 Å². The van der Waals surface area contributed by atoms with E-state index in [-0.39, 0.29) is 6.61 Å². The van der Waals surface area contributed by atoms with Crippen LogP contribution in [0.3, 0.4) is 0 Å². The summed E-state index contributed by atoms with van der Waals surface area (Å²) in [5.74, 6) is -1.99. The smallest absolute Gasteiger partial charge is 0.335 e. The molecule has 8 heteroatoms. The number of fused-ring (bicyclic) bond motifs is 1. The molecule has 3 aromatic rings. The first-order valence-electron chi connectivity index (χ1n) is 13.5. The first kappa shape index (κ1) is 30.9. The molecule has 3 rings (SSSR count). The number of aliphatic hydroxyl groups excluding tert-OH is 1. The molecule has 0 saturated carbocycles. The monoisotopic (exact) mass is 573 g/mol. The van der Waals surface area contributed by atoms with Crippen LogP contribution in [-0.2, 0) is 27.2 Å². The van der Waals surface area contributed by atoms with Crippen LogP contribution in [0.25, 0.3) is 10.8 Å². The lowest BCUT2D eigenvalue weighted by Gasteiger charge is -2.25. The van der Waals surface area contributed by atoms with Gasteiger partial charge in [-0.2, -0.15) is 0 Å². The molecular formula is C31H37Cl2NO5. The minimum Gasteiger partial charge on any atom is -0.479 e. The highest BCUT2D eigenvalue weighted by atomic mass is 35.5. The van der Waals surface area contributed by atoms with E-state index in [0.717, 1.165) is 50.5 Å². The van der Waals surface area contributed by atoms with Crippen molar-refractivity contribution in [3.63, 3.8) is 0 Å². The van der Waals surface area contributed by atoms with Gasteiger partial charge < -0.3 is 19.8 Å². The molecule has 2 N–H and O–H groups in total. The van der Waals surface area contributed by atoms with Crippen molar-refractivity contribution in [1.82, 2.24) is 4.90 Å². The number of aliphatic carboxylic acids is 1. The quantitative estimate of drug-likeness (QED) is 0.189. The number of nitrogens with zero attached hydrogens (tertiary/aromatic N) is 1. The van der Waals surface area contributed by atoms with Gasteiger partial charge in [0.2, 0.25) is 0 Å². The zero-order valence-corrected chi connectivity index (χ0v) is 23.8. The van der Waals surface area contributed by atoms with E-state index in [9.17, 15) is 19.8 Å². The number of ether oxygens (including phenoxy) is 1. The number of likely N-dealkylation sites (N-methyl/N-ethyl adjacent to an activating group) is 1. The molecule has 0 fully saturated rings. The van der Waals surface area contributed by atoms with Gasteiger partial charge in [-0.1, -0.05) is 84.6 Å². The lowest BCUT2D eigenvalue weighted by molar-refractivity contribution is -0.166. The topological polar surface area (TPSA) is 87.1 Å². The second kappa shape index (κ2) is 15.8. The number of hydrogen-bond donors (Lipinski definition) is 2. The standard InChI is InChI=1S/C31H37Cl2NO5/c1-34(18-8-2-4-10-22-14-16-24-12-6-7-13-25(24)20-22)30(36)29(28(35)31(37)38)39-19-9-3-5-11-23-15-17-26(32)27(33)21-23/h6-7,12-17,20-21,28-29,35H,2-5,8-11,18-19H2,1H3,(H,37,38). The highest BCUT2D eigenvalue weighted by molar-refractivity contribution is 6.42. The first-order chi connectivity index (χ1) is 18.8. The van der Waals surface area contributed by atoms with Gasteiger partial charge >= 0.3 is 5.97 Å². The van der Waals surface area contributed by atoms with Gasteiger partial charge in [-0.3, -0.25) is 4.79 Å². The predicted octanol–water partition coefficient (Wildman–Crippen LogP) is 6.56. The number of aryl methyl sites for hydroxylation is 2. The lowest BCUT2D eigenvalue weighted by atomic mass is 10.0. The van der Waals surface area contributed by atoms with E-state index in [2.05, 4.69) is 30.3 Å². The van der Waals surface area contributed by atoms with E-state index in [1.807, 2.05) is 24.3 Å². The van der Waals surface area contributed by atoms with E-state index in [1.54, 1.807) is 13.1 Å². The maximum Gasteiger partial charge on any atom is 0.335 e. The molecule has 0 bridgehead atoms. The van der Waals surface area contributed by atoms with Crippen molar-refractivity contribution in [3.8, 4) is 0 Å². The lowest BCUT2D eigenvalue weighted by Crippen LogP contribution is -2.48. The minimum atomic E-state index is -1.91. The highest BCUT2D eigenvalue weighted by Gasteiger charge is 2.34. The average molecular weight is 575 g/mol. The molecule has 1 amide bonds. The van der Waals surface area contributed by atoms with Crippen LogP contribution in [0.2, 0.25) is 10.0 Å². The number of carbonyl (C=O) groups is 2. The third-order valence-corrected chi connectivity index (χ3v) is 7.56. The summed E-state index contributed by atoms with van der Waals surface area (Å²) in [5, 5.41) is 22.9. The number of benzene rings is 3. The van der Waals surface area contributed by atoms with Crippen molar-refractivity contribution < 1.29 is 24.5 Å². The molecule has 0 aliphatic heterocycles. The molecule has 0 radical (unpaired) electrons. The van der Waals surface area contributed by atoms with Gasteiger partial charge in [0.15, 0.2) is 12.2 Å². The van der Waals surface area contributed by atoms with Crippen LogP contribution >= 0.6 is 23.2 Å². The Morgan fingerprint density at radius 1 is 0.821 bits per heavy atom. The molecule has 2 unspecified atom stereocenters. The molecule has 0 aromatic heterocycles. The van der Waals surface area contributed by atoms with Crippen molar-refractivity contribution in [1.29, 1.82) is 0 Å². The third-order valence-electron chi connectivity index (χ3n) is 6.82. The number of carboxylic acid groups (broad SMARTS) is 1. The average Bonchev–Trinajstić information content (AvgIpc) is 2.93. The van der Waals surface area contributed by atoms with Gasteiger partial charge in [0.25, 0.3) is 5.91 Å². The Morgan fingerprint density at radius 2 is 1.46 bits per heavy atom. The largest absolute Gasteiger partial charge is 0.479 e. The summed E-state index contributed by atoms with van der Waals surface area (Å²) in [6.07, 6.45) is 3.45. The normalized spacial score (nSPS) is 12.8. The van der Waals surface area contributed by atoms with Gasteiger partial charge in [-0.25, -0.2) is 4.79 Å². The highest BCUT2D eigenvalue weighted by Crippen LogP contribution is 2.23. The number of halogens is 2. The van der Waals surface area contributed by atoms with Gasteiger partial charge in [0.1, 0.15) is 0 Å². The number of unbranched alkanes of at least 4 members (excludes halogenated alkanes) is 4. The SMILES string of the molecule is CN(CCCCCc1ccc2ccccc2c1)C(=O)C(OCCCCCc1ccc(Cl)c(Cl)c1)C(O)C(=O)O. The fourth-order valence-electron chi connectivity index (χ4n) is 4.52. The number of rotatable bonds is 16. The van der Waals surface area contributed by atoms with Crippen LogP contribution in [0.15, 0.2) is 60.7 Å². The van der Waals surface area contributed by atoms with Gasteiger partial charge in [0.05, 0.1) is 10.0 Å². The molecule has 210 valence electrons. The van der Waals surface area contributed by atoms with E-state index >= 15 is 0 Å². The maximum atomic E-state index is 12.9. The third kappa shape index (κ3) is 9.80. The summed E-state index contributed by atoms with van der Waals surface area (Å²) in [6, 6.07) is 20.3. The molecular weight excluding hydrogens is 537 g/mol. The summed E-state index contributed by atoms with van der Waals surface area (Å²) in [5.41, 5.74) is 2.37. The molecule has 0 aliphatic rings. The van der Waals surface area contributed by atoms with Crippen LogP contribution in [0.5, 0.6) is 0 Å². The minimum absolute atomic E-state index is 0.182. The van der Waals surface area contributed by atoms with E-state index < -0.39 is 24.1 Å². The Bertz CT molecular complexity index is 1230. The molecule has 0 aliphatic carbocycles. The Hall–Kier alpha value is -2.64. The van der Waals surface area contributed by atoms with Crippen molar-refractivity contribution in [2.45, 2.75) is 63.6 Å². The summed E-state index contributed by atoms with van der Waals surface area (Å²) in [6.45, 7) is 0.647. The fourth-order valence-corrected chi connectivity index (χ4v) is 4.84. The Morgan fingerprint density at radius 3 is 2.15 bits per heavy atom. The second-order valence-electron chi connectivity index (χ2n) is 9.89. The molecule has 6 nitrogen and oxygen atoms in total. The van der Waals surface area contributed by atoms with E-state index in [4.69, 9.17) is 27.9 Å². The Balaban J connectivity index is 1.37. The second-order valence-corrected chi connectivity index (χ2v) is 10.7. The molecule has 2 atom stereocenters. The summed E-state index contributed by atoms with van der Waals surface area (Å²) < 4.78 is 5.60. The summed E-state index contributed by atoms with van der Waals surface area (Å²) in [4.78, 5) is 25.8. The summed E-state index contributed by atoms with van der Waals surface area (Å²) >= 11 is 12.0. The molecule has 0 saturated heterocycles. The van der Waals surface area contributed by atoms with Gasteiger partial charge in [-0.05, 0) is 72.6 Å². The van der Waals surface area contributed by atoms with E-state index in [1.165, 1.54) is 21.2 Å². The van der Waals surface area contributed by atoms with Crippen molar-refractivity contribution >= 4 is 45.9 Å². The van der Waals surface area contributed by atoms with Crippen molar-refractivity contribution in [2.24, 2.45) is 0 Å². The van der Waals surface area contributed by atoms with Crippen LogP contribution in [0, 0.1) is 0 Å². The Kier molecular flexibility index (Phi) is 12.5.